The van der Waals surface area contributed by atoms with E-state index in [1.165, 1.54) is 0 Å². The van der Waals surface area contributed by atoms with Gasteiger partial charge in [0.2, 0.25) is 0 Å². The summed E-state index contributed by atoms with van der Waals surface area (Å²) in [6, 6.07) is 5.67. The van der Waals surface area contributed by atoms with Crippen molar-refractivity contribution in [1.82, 2.24) is 5.32 Å². The van der Waals surface area contributed by atoms with Crippen LogP contribution in [0.4, 0.5) is 0 Å². The Morgan fingerprint density at radius 1 is 1.35 bits per heavy atom. The quantitative estimate of drug-likeness (QED) is 0.846. The number of halogens is 1. The van der Waals surface area contributed by atoms with Crippen LogP contribution in [0, 0.1) is 0 Å². The van der Waals surface area contributed by atoms with E-state index in [1.807, 2.05) is 0 Å². The third-order valence-corrected chi connectivity index (χ3v) is 3.00. The molecule has 5 nitrogen and oxygen atoms in total. The normalized spacial score (nSPS) is 12.6. The largest absolute Gasteiger partial charge is 0.480 e. The standard InChI is InChI=1S/C14H18ClNO4/c1-4-11(12(17)18)16-13(19)14(2,3)20-10-7-5-9(15)6-8-10/h5-8,11H,4H2,1-3H3,(H,16,19)(H,17,18)/t11-/m0/s1. The number of hydrogen-bond acceptors (Lipinski definition) is 3. The third-order valence-electron chi connectivity index (χ3n) is 2.75. The van der Waals surface area contributed by atoms with Crippen molar-refractivity contribution < 1.29 is 19.4 Å². The average molecular weight is 300 g/mol. The molecule has 1 amide bonds. The molecule has 0 unspecified atom stereocenters. The number of nitrogens with one attached hydrogen (secondary N) is 1. The maximum atomic E-state index is 12.1. The van der Waals surface area contributed by atoms with E-state index in [0.29, 0.717) is 17.2 Å². The third kappa shape index (κ3) is 4.42. The maximum Gasteiger partial charge on any atom is 0.326 e. The molecule has 0 spiro atoms. The molecule has 1 rings (SSSR count). The Morgan fingerprint density at radius 2 is 1.90 bits per heavy atom. The Balaban J connectivity index is 2.74. The number of amides is 1. The number of rotatable bonds is 6. The highest BCUT2D eigenvalue weighted by Crippen LogP contribution is 2.21. The van der Waals surface area contributed by atoms with Gasteiger partial charge < -0.3 is 15.2 Å². The summed E-state index contributed by atoms with van der Waals surface area (Å²) >= 11 is 5.77. The molecular formula is C14H18ClNO4. The molecule has 1 atom stereocenters. The summed E-state index contributed by atoms with van der Waals surface area (Å²) in [5.41, 5.74) is -1.18. The van der Waals surface area contributed by atoms with Crippen molar-refractivity contribution in [2.75, 3.05) is 0 Å². The van der Waals surface area contributed by atoms with Crippen molar-refractivity contribution in [3.05, 3.63) is 29.3 Å². The summed E-state index contributed by atoms with van der Waals surface area (Å²) in [4.78, 5) is 23.0. The van der Waals surface area contributed by atoms with E-state index < -0.39 is 23.5 Å². The van der Waals surface area contributed by atoms with E-state index in [9.17, 15) is 9.59 Å². The SMILES string of the molecule is CC[C@H](NC(=O)C(C)(C)Oc1ccc(Cl)cc1)C(=O)O. The fourth-order valence-electron chi connectivity index (χ4n) is 1.51. The molecule has 1 aromatic rings. The van der Waals surface area contributed by atoms with Crippen molar-refractivity contribution in [3.8, 4) is 5.75 Å². The number of carbonyl (C=O) groups excluding carboxylic acids is 1. The minimum atomic E-state index is -1.18. The second kappa shape index (κ2) is 6.61. The molecule has 0 aliphatic carbocycles. The minimum Gasteiger partial charge on any atom is -0.480 e. The van der Waals surface area contributed by atoms with Gasteiger partial charge in [-0.2, -0.15) is 0 Å². The van der Waals surface area contributed by atoms with Crippen molar-refractivity contribution in [3.63, 3.8) is 0 Å². The fourth-order valence-corrected chi connectivity index (χ4v) is 1.64. The van der Waals surface area contributed by atoms with Gasteiger partial charge in [0.15, 0.2) is 5.60 Å². The Morgan fingerprint density at radius 3 is 2.35 bits per heavy atom. The van der Waals surface area contributed by atoms with Crippen LogP contribution in [0.3, 0.4) is 0 Å². The number of aliphatic carboxylic acids is 1. The van der Waals surface area contributed by atoms with Crippen molar-refractivity contribution in [2.45, 2.75) is 38.8 Å². The Kier molecular flexibility index (Phi) is 5.39. The molecule has 6 heteroatoms. The number of carboxylic acids is 1. The maximum absolute atomic E-state index is 12.1. The number of carbonyl (C=O) groups is 2. The highest BCUT2D eigenvalue weighted by molar-refractivity contribution is 6.30. The molecular weight excluding hydrogens is 282 g/mol. The van der Waals surface area contributed by atoms with Gasteiger partial charge in [-0.15, -0.1) is 0 Å². The smallest absolute Gasteiger partial charge is 0.326 e. The van der Waals surface area contributed by atoms with Gasteiger partial charge in [0.1, 0.15) is 11.8 Å². The zero-order valence-electron chi connectivity index (χ0n) is 11.6. The van der Waals surface area contributed by atoms with Crippen LogP contribution in [0.15, 0.2) is 24.3 Å². The van der Waals surface area contributed by atoms with E-state index in [1.54, 1.807) is 45.0 Å². The fraction of sp³-hybridized carbons (Fsp3) is 0.429. The van der Waals surface area contributed by atoms with Gasteiger partial charge >= 0.3 is 5.97 Å². The molecule has 110 valence electrons. The molecule has 0 aromatic heterocycles. The first-order chi connectivity index (χ1) is 9.26. The van der Waals surface area contributed by atoms with Crippen LogP contribution in [0.25, 0.3) is 0 Å². The molecule has 0 radical (unpaired) electrons. The molecule has 0 heterocycles. The first-order valence-electron chi connectivity index (χ1n) is 6.24. The van der Waals surface area contributed by atoms with Crippen LogP contribution >= 0.6 is 11.6 Å². The average Bonchev–Trinajstić information content (AvgIpc) is 2.37. The van der Waals surface area contributed by atoms with Crippen molar-refractivity contribution in [1.29, 1.82) is 0 Å². The number of ether oxygens (including phenoxy) is 1. The first-order valence-corrected chi connectivity index (χ1v) is 6.62. The number of carboxylic acid groups (broad SMARTS) is 1. The second-order valence-corrected chi connectivity index (χ2v) is 5.28. The molecule has 1 aromatic carbocycles. The van der Waals surface area contributed by atoms with Crippen LogP contribution in [-0.4, -0.2) is 28.6 Å². The molecule has 0 fully saturated rings. The molecule has 0 aliphatic heterocycles. The molecule has 2 N–H and O–H groups in total. The van der Waals surface area contributed by atoms with Crippen LogP contribution in [-0.2, 0) is 9.59 Å². The lowest BCUT2D eigenvalue weighted by Crippen LogP contribution is -2.52. The predicted octanol–water partition coefficient (Wildman–Crippen LogP) is 2.48. The van der Waals surface area contributed by atoms with Crippen molar-refractivity contribution >= 4 is 23.5 Å². The Labute approximate surface area is 122 Å². The van der Waals surface area contributed by atoms with Crippen LogP contribution < -0.4 is 10.1 Å². The van der Waals surface area contributed by atoms with Gasteiger partial charge in [0, 0.05) is 5.02 Å². The van der Waals surface area contributed by atoms with Gasteiger partial charge in [-0.1, -0.05) is 18.5 Å². The molecule has 0 aliphatic rings. The van der Waals surface area contributed by atoms with Gasteiger partial charge in [-0.25, -0.2) is 4.79 Å². The Bertz CT molecular complexity index is 484. The summed E-state index contributed by atoms with van der Waals surface area (Å²) in [6.07, 6.45) is 0.304. The molecule has 20 heavy (non-hydrogen) atoms. The predicted molar refractivity (Wildman–Crippen MR) is 76.0 cm³/mol. The molecule has 0 bridgehead atoms. The summed E-state index contributed by atoms with van der Waals surface area (Å²) < 4.78 is 5.58. The van der Waals surface area contributed by atoms with Gasteiger partial charge in [-0.05, 0) is 44.5 Å². The van der Waals surface area contributed by atoms with E-state index in [0.717, 1.165) is 0 Å². The lowest BCUT2D eigenvalue weighted by molar-refractivity contribution is -0.145. The minimum absolute atomic E-state index is 0.304. The number of hydrogen-bond donors (Lipinski definition) is 2. The van der Waals surface area contributed by atoms with Crippen LogP contribution in [0.1, 0.15) is 27.2 Å². The van der Waals surface area contributed by atoms with Crippen LogP contribution in [0.5, 0.6) is 5.75 Å². The van der Waals surface area contributed by atoms with Gasteiger partial charge in [0.05, 0.1) is 0 Å². The van der Waals surface area contributed by atoms with Crippen molar-refractivity contribution in [2.24, 2.45) is 0 Å². The molecule has 0 saturated heterocycles. The van der Waals surface area contributed by atoms with Crippen LogP contribution in [0.2, 0.25) is 5.02 Å². The zero-order chi connectivity index (χ0) is 15.3. The highest BCUT2D eigenvalue weighted by Gasteiger charge is 2.32. The Hall–Kier alpha value is -1.75. The lowest BCUT2D eigenvalue weighted by Gasteiger charge is -2.26. The summed E-state index contributed by atoms with van der Waals surface area (Å²) in [5.74, 6) is -1.07. The van der Waals surface area contributed by atoms with Gasteiger partial charge in [0.25, 0.3) is 5.91 Å². The zero-order valence-corrected chi connectivity index (χ0v) is 12.4. The van der Waals surface area contributed by atoms with E-state index in [2.05, 4.69) is 5.32 Å². The number of benzene rings is 1. The summed E-state index contributed by atoms with van der Waals surface area (Å²) in [6.45, 7) is 4.84. The summed E-state index contributed by atoms with van der Waals surface area (Å²) in [5, 5.41) is 12.0. The first kappa shape index (κ1) is 16.3. The molecule has 0 saturated carbocycles. The highest BCUT2D eigenvalue weighted by atomic mass is 35.5. The summed E-state index contributed by atoms with van der Waals surface area (Å²) in [7, 11) is 0. The van der Waals surface area contributed by atoms with Gasteiger partial charge in [-0.3, -0.25) is 4.79 Å². The lowest BCUT2D eigenvalue weighted by atomic mass is 10.1. The van der Waals surface area contributed by atoms with E-state index in [-0.39, 0.29) is 0 Å². The second-order valence-electron chi connectivity index (χ2n) is 4.84. The monoisotopic (exact) mass is 299 g/mol. The topological polar surface area (TPSA) is 75.6 Å². The van der Waals surface area contributed by atoms with E-state index >= 15 is 0 Å². The van der Waals surface area contributed by atoms with E-state index in [4.69, 9.17) is 21.4 Å².